The van der Waals surface area contributed by atoms with E-state index >= 15 is 0 Å². The number of nitrogens with zero attached hydrogens (tertiary/aromatic N) is 1. The SMILES string of the molecule is c1ccc(N(c2ccc(-c3ccc([Si](c4ccccc4)(c4ccccc4)c4ccccc4)cc3)cc2)c2ccc3c(c2)C(c2ccccc2)(c2ccc4ccccc4c2)c2ccccc2-3)cc1. The molecule has 11 aromatic rings. The Kier molecular flexibility index (Phi) is 10.2. The smallest absolute Gasteiger partial charge is 0.179 e. The molecule has 316 valence electrons. The molecule has 0 bridgehead atoms. The summed E-state index contributed by atoms with van der Waals surface area (Å²) in [6, 6.07) is 106. The molecule has 0 amide bonds. The molecule has 0 aromatic heterocycles. The highest BCUT2D eigenvalue weighted by Gasteiger charge is 2.46. The zero-order valence-corrected chi connectivity index (χ0v) is 38.1. The Hall–Kier alpha value is -8.30. The number of anilines is 3. The molecule has 1 nitrogen and oxygen atoms in total. The number of rotatable bonds is 10. The van der Waals surface area contributed by atoms with Crippen LogP contribution in [-0.4, -0.2) is 8.07 Å². The summed E-state index contributed by atoms with van der Waals surface area (Å²) in [5.74, 6) is 0. The third-order valence-electron chi connectivity index (χ3n) is 14.1. The summed E-state index contributed by atoms with van der Waals surface area (Å²) in [4.78, 5) is 2.41. The molecule has 0 saturated carbocycles. The van der Waals surface area contributed by atoms with Gasteiger partial charge in [0.15, 0.2) is 8.07 Å². The van der Waals surface area contributed by atoms with E-state index in [1.54, 1.807) is 0 Å². The van der Waals surface area contributed by atoms with Crippen LogP contribution < -0.4 is 25.6 Å². The van der Waals surface area contributed by atoms with E-state index in [9.17, 15) is 0 Å². The van der Waals surface area contributed by atoms with Crippen molar-refractivity contribution < 1.29 is 0 Å². The summed E-state index contributed by atoms with van der Waals surface area (Å²) in [6.45, 7) is 0. The molecule has 0 spiro atoms. The van der Waals surface area contributed by atoms with Gasteiger partial charge in [0.25, 0.3) is 0 Å². The van der Waals surface area contributed by atoms with Crippen LogP contribution in [0.3, 0.4) is 0 Å². The van der Waals surface area contributed by atoms with E-state index < -0.39 is 13.5 Å². The molecule has 0 saturated heterocycles. The minimum atomic E-state index is -2.62. The number of hydrogen-bond donors (Lipinski definition) is 0. The maximum Gasteiger partial charge on any atom is 0.179 e. The molecule has 0 radical (unpaired) electrons. The first-order chi connectivity index (χ1) is 33.2. The lowest BCUT2D eigenvalue weighted by molar-refractivity contribution is 0.770. The lowest BCUT2D eigenvalue weighted by Gasteiger charge is -2.35. The second-order valence-corrected chi connectivity index (χ2v) is 21.4. The normalized spacial score (nSPS) is 14.0. The van der Waals surface area contributed by atoms with Crippen molar-refractivity contribution in [3.8, 4) is 22.3 Å². The fourth-order valence-electron chi connectivity index (χ4n) is 11.1. The molecule has 1 unspecified atom stereocenters. The van der Waals surface area contributed by atoms with Crippen molar-refractivity contribution in [2.24, 2.45) is 0 Å². The predicted octanol–water partition coefficient (Wildman–Crippen LogP) is 13.7. The first kappa shape index (κ1) is 40.2. The van der Waals surface area contributed by atoms with Crippen LogP contribution in [-0.2, 0) is 5.41 Å². The van der Waals surface area contributed by atoms with Gasteiger partial charge in [-0.3, -0.25) is 0 Å². The van der Waals surface area contributed by atoms with Crippen molar-refractivity contribution in [3.05, 3.63) is 307 Å². The Morgan fingerprint density at radius 2 is 0.716 bits per heavy atom. The third kappa shape index (κ3) is 6.68. The molecule has 12 rings (SSSR count). The Labute approximate surface area is 394 Å². The van der Waals surface area contributed by atoms with E-state index in [0.29, 0.717) is 0 Å². The zero-order valence-electron chi connectivity index (χ0n) is 37.1. The van der Waals surface area contributed by atoms with Gasteiger partial charge in [0.05, 0.1) is 5.41 Å². The van der Waals surface area contributed by atoms with E-state index in [0.717, 1.165) is 17.1 Å². The monoisotopic (exact) mass is 869 g/mol. The first-order valence-electron chi connectivity index (χ1n) is 23.2. The van der Waals surface area contributed by atoms with Crippen molar-refractivity contribution in [1.82, 2.24) is 0 Å². The first-order valence-corrected chi connectivity index (χ1v) is 25.2. The fourth-order valence-corrected chi connectivity index (χ4v) is 15.9. The van der Waals surface area contributed by atoms with Gasteiger partial charge >= 0.3 is 0 Å². The van der Waals surface area contributed by atoms with Gasteiger partial charge in [-0.15, -0.1) is 0 Å². The fraction of sp³-hybridized carbons (Fsp3) is 0.0154. The highest BCUT2D eigenvalue weighted by atomic mass is 28.3. The molecule has 2 heteroatoms. The van der Waals surface area contributed by atoms with Crippen molar-refractivity contribution in [1.29, 1.82) is 0 Å². The van der Waals surface area contributed by atoms with Gasteiger partial charge < -0.3 is 4.90 Å². The molecule has 11 aromatic carbocycles. The van der Waals surface area contributed by atoms with Crippen LogP contribution in [0, 0.1) is 0 Å². The van der Waals surface area contributed by atoms with E-state index in [1.807, 2.05) is 0 Å². The van der Waals surface area contributed by atoms with Gasteiger partial charge in [-0.05, 0) is 118 Å². The van der Waals surface area contributed by atoms with Crippen LogP contribution in [0.25, 0.3) is 33.0 Å². The Morgan fingerprint density at radius 3 is 1.33 bits per heavy atom. The van der Waals surface area contributed by atoms with E-state index in [4.69, 9.17) is 0 Å². The Morgan fingerprint density at radius 1 is 0.269 bits per heavy atom. The molecule has 1 atom stereocenters. The molecular formula is C65H47NSi. The summed E-state index contributed by atoms with van der Waals surface area (Å²) in [5.41, 5.74) is 12.8. The standard InChI is InChI=1S/C65H47NSi/c1-6-22-52(23-7-1)65(53-39-34-48-20-16-17-21-51(48)46-53)63-33-19-18-32-61(63)62-45-42-56(47-64(62)65)66(54-24-8-2-9-25-54)55-40-35-49(36-41-55)50-37-43-60(44-38-50)67(57-26-10-3-11-27-57,58-28-12-4-13-29-58)59-30-14-5-15-31-59/h1-47H. The Bertz CT molecular complexity index is 3390. The van der Waals surface area contributed by atoms with Gasteiger partial charge in [0.2, 0.25) is 0 Å². The second kappa shape index (κ2) is 16.9. The molecule has 0 heterocycles. The molecule has 1 aliphatic carbocycles. The molecule has 0 aliphatic heterocycles. The summed E-state index contributed by atoms with van der Waals surface area (Å²) in [6.07, 6.45) is 0. The lowest BCUT2D eigenvalue weighted by atomic mass is 9.67. The summed E-state index contributed by atoms with van der Waals surface area (Å²) in [7, 11) is -2.62. The lowest BCUT2D eigenvalue weighted by Crippen LogP contribution is -2.74. The van der Waals surface area contributed by atoms with Crippen LogP contribution in [0.1, 0.15) is 22.3 Å². The second-order valence-electron chi connectivity index (χ2n) is 17.6. The van der Waals surface area contributed by atoms with Crippen molar-refractivity contribution >= 4 is 56.7 Å². The molecule has 0 N–H and O–H groups in total. The van der Waals surface area contributed by atoms with Crippen LogP contribution in [0.2, 0.25) is 0 Å². The summed E-state index contributed by atoms with van der Waals surface area (Å²) in [5, 5.41) is 7.97. The topological polar surface area (TPSA) is 3.24 Å². The Balaban J connectivity index is 0.974. The highest BCUT2D eigenvalue weighted by Crippen LogP contribution is 2.57. The van der Waals surface area contributed by atoms with E-state index in [-0.39, 0.29) is 0 Å². The number of benzene rings is 11. The maximum absolute atomic E-state index is 2.62. The van der Waals surface area contributed by atoms with Gasteiger partial charge in [0, 0.05) is 17.1 Å². The van der Waals surface area contributed by atoms with E-state index in [1.165, 1.54) is 76.0 Å². The van der Waals surface area contributed by atoms with Crippen LogP contribution in [0.4, 0.5) is 17.1 Å². The molecular weight excluding hydrogens is 823 g/mol. The largest absolute Gasteiger partial charge is 0.310 e. The van der Waals surface area contributed by atoms with Crippen LogP contribution >= 0.6 is 0 Å². The maximum atomic E-state index is 2.46. The van der Waals surface area contributed by atoms with Crippen molar-refractivity contribution in [3.63, 3.8) is 0 Å². The summed E-state index contributed by atoms with van der Waals surface area (Å²) < 4.78 is 0. The van der Waals surface area contributed by atoms with Gasteiger partial charge in [0.1, 0.15) is 0 Å². The van der Waals surface area contributed by atoms with Crippen LogP contribution in [0.5, 0.6) is 0 Å². The van der Waals surface area contributed by atoms with Crippen LogP contribution in [0.15, 0.2) is 285 Å². The highest BCUT2D eigenvalue weighted by molar-refractivity contribution is 7.19. The molecule has 0 fully saturated rings. The van der Waals surface area contributed by atoms with Crippen molar-refractivity contribution in [2.45, 2.75) is 5.41 Å². The zero-order chi connectivity index (χ0) is 44.6. The number of para-hydroxylation sites is 1. The average Bonchev–Trinajstić information content (AvgIpc) is 3.71. The number of fused-ring (bicyclic) bond motifs is 4. The third-order valence-corrected chi connectivity index (χ3v) is 18.9. The van der Waals surface area contributed by atoms with Gasteiger partial charge in [-0.2, -0.15) is 0 Å². The molecule has 67 heavy (non-hydrogen) atoms. The minimum Gasteiger partial charge on any atom is -0.310 e. The van der Waals surface area contributed by atoms with Gasteiger partial charge in [-0.25, -0.2) is 0 Å². The number of hydrogen-bond acceptors (Lipinski definition) is 1. The quantitative estimate of drug-likeness (QED) is 0.0978. The van der Waals surface area contributed by atoms with E-state index in [2.05, 4.69) is 290 Å². The average molecular weight is 870 g/mol. The molecule has 1 aliphatic rings. The summed E-state index contributed by atoms with van der Waals surface area (Å²) >= 11 is 0. The minimum absolute atomic E-state index is 0.534. The van der Waals surface area contributed by atoms with Gasteiger partial charge in [-0.1, -0.05) is 243 Å². The predicted molar refractivity (Wildman–Crippen MR) is 285 cm³/mol. The van der Waals surface area contributed by atoms with Crippen molar-refractivity contribution in [2.75, 3.05) is 4.90 Å².